The quantitative estimate of drug-likeness (QED) is 0.790. The zero-order valence-corrected chi connectivity index (χ0v) is 14.7. The zero-order valence-electron chi connectivity index (χ0n) is 12.3. The Kier molecular flexibility index (Phi) is 5.69. The SMILES string of the molecule is CS(=O)(=O)c1ccc(F)c(NC(=O)COc2cc(Cl)ccc2Cl)c1. The standard InChI is InChI=1S/C15H12Cl2FNO4S/c1-24(21,22)10-3-5-12(18)13(7-10)19-15(20)8-23-14-6-9(16)2-4-11(14)17/h2-7H,8H2,1H3,(H,19,20). The Morgan fingerprint density at radius 3 is 2.58 bits per heavy atom. The highest BCUT2D eigenvalue weighted by Gasteiger charge is 2.14. The van der Waals surface area contributed by atoms with Gasteiger partial charge in [-0.05, 0) is 30.3 Å². The minimum absolute atomic E-state index is 0.113. The van der Waals surface area contributed by atoms with E-state index in [4.69, 9.17) is 27.9 Å². The van der Waals surface area contributed by atoms with E-state index < -0.39 is 28.2 Å². The van der Waals surface area contributed by atoms with Gasteiger partial charge in [0.05, 0.1) is 15.6 Å². The molecule has 5 nitrogen and oxygen atoms in total. The summed E-state index contributed by atoms with van der Waals surface area (Å²) in [5.41, 5.74) is -0.260. The molecule has 0 heterocycles. The largest absolute Gasteiger partial charge is 0.482 e. The molecule has 0 radical (unpaired) electrons. The molecule has 0 aliphatic heterocycles. The van der Waals surface area contributed by atoms with Crippen molar-refractivity contribution < 1.29 is 22.3 Å². The normalized spacial score (nSPS) is 11.2. The van der Waals surface area contributed by atoms with Gasteiger partial charge in [0.2, 0.25) is 0 Å². The van der Waals surface area contributed by atoms with Crippen LogP contribution in [0.25, 0.3) is 0 Å². The minimum atomic E-state index is -3.52. The Labute approximate surface area is 148 Å². The van der Waals surface area contributed by atoms with E-state index in [1.807, 2.05) is 0 Å². The lowest BCUT2D eigenvalue weighted by molar-refractivity contribution is -0.118. The number of hydrogen-bond acceptors (Lipinski definition) is 4. The lowest BCUT2D eigenvalue weighted by atomic mass is 10.3. The summed E-state index contributed by atoms with van der Waals surface area (Å²) in [6.45, 7) is -0.456. The fourth-order valence-electron chi connectivity index (χ4n) is 1.75. The van der Waals surface area contributed by atoms with Crippen molar-refractivity contribution in [3.63, 3.8) is 0 Å². The van der Waals surface area contributed by atoms with Gasteiger partial charge in [-0.15, -0.1) is 0 Å². The predicted molar refractivity (Wildman–Crippen MR) is 90.1 cm³/mol. The van der Waals surface area contributed by atoms with Crippen LogP contribution in [0.2, 0.25) is 10.0 Å². The second kappa shape index (κ2) is 7.38. The molecule has 128 valence electrons. The van der Waals surface area contributed by atoms with Crippen molar-refractivity contribution in [1.82, 2.24) is 0 Å². The van der Waals surface area contributed by atoms with Gasteiger partial charge in [-0.25, -0.2) is 12.8 Å². The molecular weight excluding hydrogens is 380 g/mol. The molecular formula is C15H12Cl2FNO4S. The number of halogens is 3. The molecule has 0 spiro atoms. The summed E-state index contributed by atoms with van der Waals surface area (Å²) in [5.74, 6) is -1.25. The van der Waals surface area contributed by atoms with Crippen LogP contribution in [0.3, 0.4) is 0 Å². The third-order valence-corrected chi connectivity index (χ3v) is 4.55. The average molecular weight is 392 g/mol. The number of rotatable bonds is 5. The Balaban J connectivity index is 2.09. The van der Waals surface area contributed by atoms with Crippen LogP contribution < -0.4 is 10.1 Å². The molecule has 0 saturated carbocycles. The first kappa shape index (κ1) is 18.5. The summed E-state index contributed by atoms with van der Waals surface area (Å²) < 4.78 is 41.9. The number of sulfone groups is 1. The number of benzene rings is 2. The fourth-order valence-corrected chi connectivity index (χ4v) is 2.73. The number of carbonyl (C=O) groups excluding carboxylic acids is 1. The second-order valence-corrected chi connectivity index (χ2v) is 7.68. The van der Waals surface area contributed by atoms with Gasteiger partial charge in [-0.2, -0.15) is 0 Å². The first-order chi connectivity index (χ1) is 11.2. The van der Waals surface area contributed by atoms with Gasteiger partial charge >= 0.3 is 0 Å². The van der Waals surface area contributed by atoms with Crippen LogP contribution in [-0.2, 0) is 14.6 Å². The molecule has 0 fully saturated rings. The summed E-state index contributed by atoms with van der Waals surface area (Å²) in [7, 11) is -3.52. The van der Waals surface area contributed by atoms with E-state index in [1.54, 1.807) is 6.07 Å². The van der Waals surface area contributed by atoms with Crippen molar-refractivity contribution in [3.05, 3.63) is 52.3 Å². The molecule has 0 atom stereocenters. The molecule has 0 unspecified atom stereocenters. The first-order valence-electron chi connectivity index (χ1n) is 6.54. The molecule has 0 aromatic heterocycles. The molecule has 1 amide bonds. The Morgan fingerprint density at radius 2 is 1.92 bits per heavy atom. The first-order valence-corrected chi connectivity index (χ1v) is 9.19. The number of ether oxygens (including phenoxy) is 1. The van der Waals surface area contributed by atoms with Crippen molar-refractivity contribution in [2.45, 2.75) is 4.90 Å². The van der Waals surface area contributed by atoms with E-state index in [0.29, 0.717) is 5.02 Å². The smallest absolute Gasteiger partial charge is 0.262 e. The Morgan fingerprint density at radius 1 is 1.21 bits per heavy atom. The lowest BCUT2D eigenvalue weighted by Crippen LogP contribution is -2.21. The van der Waals surface area contributed by atoms with Crippen LogP contribution in [-0.4, -0.2) is 27.2 Å². The van der Waals surface area contributed by atoms with Gasteiger partial charge in [-0.3, -0.25) is 4.79 Å². The van der Waals surface area contributed by atoms with E-state index >= 15 is 0 Å². The van der Waals surface area contributed by atoms with Crippen LogP contribution in [0.5, 0.6) is 5.75 Å². The van der Waals surface area contributed by atoms with Crippen molar-refractivity contribution in [3.8, 4) is 5.75 Å². The maximum Gasteiger partial charge on any atom is 0.262 e. The third kappa shape index (κ3) is 4.83. The fraction of sp³-hybridized carbons (Fsp3) is 0.133. The Hall–Kier alpha value is -1.83. The van der Waals surface area contributed by atoms with Gasteiger partial charge in [0.25, 0.3) is 5.91 Å². The van der Waals surface area contributed by atoms with E-state index in [1.165, 1.54) is 12.1 Å². The molecule has 2 rings (SSSR count). The number of nitrogens with one attached hydrogen (secondary N) is 1. The summed E-state index contributed by atoms with van der Waals surface area (Å²) >= 11 is 11.7. The third-order valence-electron chi connectivity index (χ3n) is 2.89. The summed E-state index contributed by atoms with van der Waals surface area (Å²) in [6, 6.07) is 7.61. The van der Waals surface area contributed by atoms with Gasteiger partial charge < -0.3 is 10.1 Å². The molecule has 2 aromatic rings. The van der Waals surface area contributed by atoms with Crippen LogP contribution >= 0.6 is 23.2 Å². The molecule has 9 heteroatoms. The highest BCUT2D eigenvalue weighted by molar-refractivity contribution is 7.90. The lowest BCUT2D eigenvalue weighted by Gasteiger charge is -2.10. The predicted octanol–water partition coefficient (Wildman–Crippen LogP) is 3.55. The van der Waals surface area contributed by atoms with Gasteiger partial charge in [0.1, 0.15) is 11.6 Å². The van der Waals surface area contributed by atoms with Crippen molar-refractivity contribution >= 4 is 44.6 Å². The van der Waals surface area contributed by atoms with Gasteiger partial charge in [-0.1, -0.05) is 23.2 Å². The van der Waals surface area contributed by atoms with Crippen molar-refractivity contribution in [2.24, 2.45) is 0 Å². The molecule has 0 aliphatic carbocycles. The van der Waals surface area contributed by atoms with E-state index in [0.717, 1.165) is 24.5 Å². The number of anilines is 1. The van der Waals surface area contributed by atoms with Crippen molar-refractivity contribution in [1.29, 1.82) is 0 Å². The van der Waals surface area contributed by atoms with Gasteiger partial charge in [0, 0.05) is 17.3 Å². The van der Waals surface area contributed by atoms with Crippen molar-refractivity contribution in [2.75, 3.05) is 18.2 Å². The van der Waals surface area contributed by atoms with Crippen LogP contribution in [0, 0.1) is 5.82 Å². The highest BCUT2D eigenvalue weighted by atomic mass is 35.5. The van der Waals surface area contributed by atoms with Gasteiger partial charge in [0.15, 0.2) is 16.4 Å². The van der Waals surface area contributed by atoms with E-state index in [9.17, 15) is 17.6 Å². The second-order valence-electron chi connectivity index (χ2n) is 4.83. The number of hydrogen-bond donors (Lipinski definition) is 1. The Bertz CT molecular complexity index is 887. The summed E-state index contributed by atoms with van der Waals surface area (Å²) in [6.07, 6.45) is 0.982. The molecule has 1 N–H and O–H groups in total. The van der Waals surface area contributed by atoms with E-state index in [2.05, 4.69) is 5.32 Å². The van der Waals surface area contributed by atoms with Crippen LogP contribution in [0.4, 0.5) is 10.1 Å². The summed E-state index contributed by atoms with van der Waals surface area (Å²) in [4.78, 5) is 11.8. The molecule has 0 saturated heterocycles. The van der Waals surface area contributed by atoms with Crippen LogP contribution in [0.15, 0.2) is 41.3 Å². The maximum absolute atomic E-state index is 13.7. The monoisotopic (exact) mass is 391 g/mol. The van der Waals surface area contributed by atoms with Crippen LogP contribution in [0.1, 0.15) is 0 Å². The molecule has 24 heavy (non-hydrogen) atoms. The number of amides is 1. The molecule has 0 bridgehead atoms. The zero-order chi connectivity index (χ0) is 17.9. The average Bonchev–Trinajstić information content (AvgIpc) is 2.49. The highest BCUT2D eigenvalue weighted by Crippen LogP contribution is 2.27. The minimum Gasteiger partial charge on any atom is -0.482 e. The van der Waals surface area contributed by atoms with E-state index in [-0.39, 0.29) is 21.4 Å². The maximum atomic E-state index is 13.7. The topological polar surface area (TPSA) is 72.5 Å². The number of carbonyl (C=O) groups is 1. The summed E-state index contributed by atoms with van der Waals surface area (Å²) in [5, 5.41) is 2.89. The molecule has 2 aromatic carbocycles. The molecule has 0 aliphatic rings.